The molecule has 0 aromatic carbocycles. The number of imidazole rings is 1. The highest BCUT2D eigenvalue weighted by molar-refractivity contribution is 5.83. The van der Waals surface area contributed by atoms with E-state index < -0.39 is 12.5 Å². The zero-order valence-electron chi connectivity index (χ0n) is 9.35. The topological polar surface area (TPSA) is 134 Å². The van der Waals surface area contributed by atoms with Crippen LogP contribution in [0.2, 0.25) is 0 Å². The number of nitrogens with zero attached hydrogens (tertiary/aromatic N) is 4. The van der Waals surface area contributed by atoms with Crippen LogP contribution < -0.4 is 11.5 Å². The fraction of sp³-hybridized carbons (Fsp3) is 0.444. The number of anilines is 2. The number of rotatable bonds is 2. The summed E-state index contributed by atoms with van der Waals surface area (Å²) in [5.41, 5.74) is 12.2. The van der Waals surface area contributed by atoms with Gasteiger partial charge in [-0.05, 0) is 0 Å². The monoisotopic (exact) mass is 252 g/mol. The zero-order chi connectivity index (χ0) is 12.7. The van der Waals surface area contributed by atoms with E-state index in [0.29, 0.717) is 17.8 Å². The Morgan fingerprint density at radius 2 is 2.28 bits per heavy atom. The van der Waals surface area contributed by atoms with E-state index in [4.69, 9.17) is 26.0 Å². The summed E-state index contributed by atoms with van der Waals surface area (Å²) >= 11 is 0. The number of ether oxygens (including phenoxy) is 2. The van der Waals surface area contributed by atoms with Gasteiger partial charge in [0.05, 0.1) is 13.2 Å². The maximum absolute atomic E-state index is 8.94. The van der Waals surface area contributed by atoms with Crippen molar-refractivity contribution < 1.29 is 14.6 Å². The first-order valence-electron chi connectivity index (χ1n) is 5.32. The molecule has 9 nitrogen and oxygen atoms in total. The zero-order valence-corrected chi connectivity index (χ0v) is 9.35. The first-order valence-corrected chi connectivity index (χ1v) is 5.32. The van der Waals surface area contributed by atoms with Crippen molar-refractivity contribution >= 4 is 22.9 Å². The van der Waals surface area contributed by atoms with Crippen LogP contribution >= 0.6 is 0 Å². The Labute approximate surface area is 101 Å². The smallest absolute Gasteiger partial charge is 0.224 e. The number of hydrogen-bond acceptors (Lipinski definition) is 8. The number of nitrogens with two attached hydrogens (primary N) is 2. The Hall–Kier alpha value is -1.97. The lowest BCUT2D eigenvalue weighted by molar-refractivity contribution is -0.0979. The minimum atomic E-state index is -0.636. The summed E-state index contributed by atoms with van der Waals surface area (Å²) in [4.78, 5) is 11.9. The SMILES string of the molecule is Nc1nc(N)c2c(ncn2[C@H]2CO[C@@H](CO)O2)n1. The molecule has 1 fully saturated rings. The van der Waals surface area contributed by atoms with E-state index in [1.54, 1.807) is 4.57 Å². The van der Waals surface area contributed by atoms with Gasteiger partial charge in [-0.25, -0.2) is 4.98 Å². The standard InChI is InChI=1S/C9H12N6O3/c10-7-6-8(14-9(11)13-7)12-3-15(6)4-2-17-5(1-16)18-4/h3-5,16H,1-2H2,(H4,10,11,13,14)/t4-,5-/m1/s1. The second kappa shape index (κ2) is 4.05. The maximum atomic E-state index is 8.94. The Morgan fingerprint density at radius 1 is 1.44 bits per heavy atom. The molecule has 2 aromatic rings. The molecule has 96 valence electrons. The van der Waals surface area contributed by atoms with Gasteiger partial charge < -0.3 is 26.0 Å². The highest BCUT2D eigenvalue weighted by Gasteiger charge is 2.28. The molecule has 0 saturated carbocycles. The Balaban J connectivity index is 2.03. The van der Waals surface area contributed by atoms with Gasteiger partial charge in [0.1, 0.15) is 11.8 Å². The Morgan fingerprint density at radius 3 is 3.00 bits per heavy atom. The van der Waals surface area contributed by atoms with Crippen LogP contribution in [0.4, 0.5) is 11.8 Å². The van der Waals surface area contributed by atoms with Crippen molar-refractivity contribution in [1.29, 1.82) is 0 Å². The van der Waals surface area contributed by atoms with Gasteiger partial charge in [0.2, 0.25) is 5.95 Å². The quantitative estimate of drug-likeness (QED) is 0.610. The third-order valence-corrected chi connectivity index (χ3v) is 2.67. The highest BCUT2D eigenvalue weighted by atomic mass is 16.7. The van der Waals surface area contributed by atoms with Gasteiger partial charge in [-0.2, -0.15) is 9.97 Å². The second-order valence-corrected chi connectivity index (χ2v) is 3.83. The van der Waals surface area contributed by atoms with Gasteiger partial charge >= 0.3 is 0 Å². The number of fused-ring (bicyclic) bond motifs is 1. The van der Waals surface area contributed by atoms with E-state index >= 15 is 0 Å². The molecule has 2 atom stereocenters. The predicted molar refractivity (Wildman–Crippen MR) is 61.1 cm³/mol. The molecule has 1 aliphatic rings. The summed E-state index contributed by atoms with van der Waals surface area (Å²) in [6, 6.07) is 0. The van der Waals surface area contributed by atoms with E-state index in [2.05, 4.69) is 15.0 Å². The van der Waals surface area contributed by atoms with Crippen molar-refractivity contribution in [2.45, 2.75) is 12.5 Å². The normalized spacial score (nSPS) is 23.8. The molecule has 0 amide bonds. The molecule has 0 unspecified atom stereocenters. The molecule has 0 aliphatic carbocycles. The molecule has 0 bridgehead atoms. The first-order chi connectivity index (χ1) is 8.69. The lowest BCUT2D eigenvalue weighted by Crippen LogP contribution is -2.15. The van der Waals surface area contributed by atoms with Crippen molar-refractivity contribution in [1.82, 2.24) is 19.5 Å². The summed E-state index contributed by atoms with van der Waals surface area (Å²) in [7, 11) is 0. The Bertz CT molecular complexity index is 585. The van der Waals surface area contributed by atoms with Gasteiger partial charge in [-0.15, -0.1) is 0 Å². The van der Waals surface area contributed by atoms with E-state index in [9.17, 15) is 0 Å². The van der Waals surface area contributed by atoms with Crippen LogP contribution in [-0.2, 0) is 9.47 Å². The molecule has 2 aromatic heterocycles. The molecule has 1 saturated heterocycles. The van der Waals surface area contributed by atoms with Crippen LogP contribution in [-0.4, -0.2) is 44.1 Å². The number of aliphatic hydroxyl groups is 1. The average molecular weight is 252 g/mol. The number of aromatic nitrogens is 4. The summed E-state index contributed by atoms with van der Waals surface area (Å²) in [5, 5.41) is 8.94. The summed E-state index contributed by atoms with van der Waals surface area (Å²) in [6.45, 7) is 0.0859. The van der Waals surface area contributed by atoms with Gasteiger partial charge in [0, 0.05) is 0 Å². The van der Waals surface area contributed by atoms with Crippen molar-refractivity contribution in [2.24, 2.45) is 0 Å². The van der Waals surface area contributed by atoms with E-state index in [-0.39, 0.29) is 18.4 Å². The number of aliphatic hydroxyl groups excluding tert-OH is 1. The lowest BCUT2D eigenvalue weighted by atomic mass is 10.4. The molecule has 1 aliphatic heterocycles. The molecule has 0 spiro atoms. The lowest BCUT2D eigenvalue weighted by Gasteiger charge is -2.12. The maximum Gasteiger partial charge on any atom is 0.224 e. The predicted octanol–water partition coefficient (Wildman–Crippen LogP) is -1.15. The fourth-order valence-electron chi connectivity index (χ4n) is 1.89. The van der Waals surface area contributed by atoms with Crippen molar-refractivity contribution in [3.05, 3.63) is 6.33 Å². The molecule has 0 radical (unpaired) electrons. The summed E-state index contributed by atoms with van der Waals surface area (Å²) in [6.07, 6.45) is 0.480. The van der Waals surface area contributed by atoms with Crippen LogP contribution in [0.15, 0.2) is 6.33 Å². The number of nitrogen functional groups attached to an aromatic ring is 2. The number of hydrogen-bond donors (Lipinski definition) is 3. The van der Waals surface area contributed by atoms with E-state index in [0.717, 1.165) is 0 Å². The summed E-state index contributed by atoms with van der Waals surface area (Å²) < 4.78 is 12.3. The fourth-order valence-corrected chi connectivity index (χ4v) is 1.89. The van der Waals surface area contributed by atoms with Crippen LogP contribution in [0, 0.1) is 0 Å². The Kier molecular flexibility index (Phi) is 2.51. The van der Waals surface area contributed by atoms with Gasteiger partial charge in [0.15, 0.2) is 24.0 Å². The van der Waals surface area contributed by atoms with Crippen molar-refractivity contribution in [2.75, 3.05) is 24.7 Å². The van der Waals surface area contributed by atoms with E-state index in [1.165, 1.54) is 6.33 Å². The third-order valence-electron chi connectivity index (χ3n) is 2.67. The van der Waals surface area contributed by atoms with Crippen molar-refractivity contribution in [3.63, 3.8) is 0 Å². The van der Waals surface area contributed by atoms with Gasteiger partial charge in [-0.1, -0.05) is 0 Å². The molecule has 5 N–H and O–H groups in total. The highest BCUT2D eigenvalue weighted by Crippen LogP contribution is 2.27. The van der Waals surface area contributed by atoms with Crippen LogP contribution in [0.3, 0.4) is 0 Å². The molecule has 3 rings (SSSR count). The largest absolute Gasteiger partial charge is 0.391 e. The van der Waals surface area contributed by atoms with Crippen LogP contribution in [0.25, 0.3) is 11.2 Å². The summed E-state index contributed by atoms with van der Waals surface area (Å²) in [5.74, 6) is 0.299. The van der Waals surface area contributed by atoms with Crippen molar-refractivity contribution in [3.8, 4) is 0 Å². The van der Waals surface area contributed by atoms with Crippen LogP contribution in [0.1, 0.15) is 6.23 Å². The molecular weight excluding hydrogens is 240 g/mol. The van der Waals surface area contributed by atoms with E-state index in [1.807, 2.05) is 0 Å². The van der Waals surface area contributed by atoms with Crippen LogP contribution in [0.5, 0.6) is 0 Å². The minimum absolute atomic E-state index is 0.0714. The molecule has 18 heavy (non-hydrogen) atoms. The average Bonchev–Trinajstić information content (AvgIpc) is 2.93. The molecular formula is C9H12N6O3. The molecule has 3 heterocycles. The molecule has 9 heteroatoms. The van der Waals surface area contributed by atoms with Gasteiger partial charge in [0.25, 0.3) is 0 Å². The first kappa shape index (κ1) is 11.1. The second-order valence-electron chi connectivity index (χ2n) is 3.83. The van der Waals surface area contributed by atoms with Gasteiger partial charge in [-0.3, -0.25) is 4.57 Å². The third kappa shape index (κ3) is 1.65. The minimum Gasteiger partial charge on any atom is -0.391 e.